The van der Waals surface area contributed by atoms with E-state index < -0.39 is 0 Å². The maximum absolute atomic E-state index is 10.2. The van der Waals surface area contributed by atoms with Gasteiger partial charge in [-0.1, -0.05) is 0 Å². The van der Waals surface area contributed by atoms with Gasteiger partial charge in [-0.25, -0.2) is 0 Å². The minimum absolute atomic E-state index is 0.180. The van der Waals surface area contributed by atoms with Gasteiger partial charge in [-0.3, -0.25) is 4.79 Å². The second-order valence-electron chi connectivity index (χ2n) is 1.89. The lowest BCUT2D eigenvalue weighted by Gasteiger charge is -1.78. The van der Waals surface area contributed by atoms with Crippen molar-refractivity contribution >= 4 is 6.29 Å². The fraction of sp³-hybridized carbons (Fsp3) is 0.143. The Hall–Kier alpha value is -1.56. The molecule has 0 spiro atoms. The van der Waals surface area contributed by atoms with Gasteiger partial charge in [-0.15, -0.1) is 0 Å². The molecule has 1 rings (SSSR count). The smallest absolute Gasteiger partial charge is 0.204 e. The van der Waals surface area contributed by atoms with Gasteiger partial charge in [0.25, 0.3) is 0 Å². The summed E-state index contributed by atoms with van der Waals surface area (Å²) < 4.78 is 4.78. The van der Waals surface area contributed by atoms with Crippen LogP contribution in [0, 0.1) is 18.3 Å². The molecule has 1 aromatic rings. The average Bonchev–Trinajstić information content (AvgIpc) is 2.30. The summed E-state index contributed by atoms with van der Waals surface area (Å²) in [5.41, 5.74) is 0.701. The van der Waals surface area contributed by atoms with Crippen LogP contribution in [0.5, 0.6) is 0 Å². The Balaban J connectivity index is 3.19. The van der Waals surface area contributed by atoms with Gasteiger partial charge < -0.3 is 4.42 Å². The van der Waals surface area contributed by atoms with E-state index in [2.05, 4.69) is 0 Å². The van der Waals surface area contributed by atoms with E-state index in [1.807, 2.05) is 0 Å². The van der Waals surface area contributed by atoms with E-state index in [1.165, 1.54) is 6.07 Å². The van der Waals surface area contributed by atoms with Gasteiger partial charge in [0.1, 0.15) is 6.07 Å². The molecule has 0 atom stereocenters. The quantitative estimate of drug-likeness (QED) is 0.545. The first-order valence-electron chi connectivity index (χ1n) is 2.73. The Kier molecular flexibility index (Phi) is 1.55. The minimum atomic E-state index is 0.180. The molecular weight excluding hydrogens is 130 g/mol. The van der Waals surface area contributed by atoms with Gasteiger partial charge in [0, 0.05) is 0 Å². The number of hydrogen-bond acceptors (Lipinski definition) is 3. The van der Waals surface area contributed by atoms with Crippen LogP contribution in [-0.2, 0) is 0 Å². The Labute approximate surface area is 57.9 Å². The molecule has 0 saturated carbocycles. The first kappa shape index (κ1) is 6.56. The minimum Gasteiger partial charge on any atom is -0.443 e. The predicted molar refractivity (Wildman–Crippen MR) is 33.5 cm³/mol. The summed E-state index contributed by atoms with van der Waals surface area (Å²) >= 11 is 0. The van der Waals surface area contributed by atoms with E-state index in [0.717, 1.165) is 0 Å². The van der Waals surface area contributed by atoms with Crippen molar-refractivity contribution in [1.29, 1.82) is 5.26 Å². The molecule has 1 heterocycles. The van der Waals surface area contributed by atoms with E-state index in [1.54, 1.807) is 13.0 Å². The average molecular weight is 135 g/mol. The van der Waals surface area contributed by atoms with Crippen molar-refractivity contribution in [2.24, 2.45) is 0 Å². The molecule has 0 aliphatic carbocycles. The van der Waals surface area contributed by atoms with Crippen molar-refractivity contribution in [2.45, 2.75) is 6.92 Å². The molecule has 10 heavy (non-hydrogen) atoms. The van der Waals surface area contributed by atoms with Gasteiger partial charge in [-0.2, -0.15) is 5.26 Å². The summed E-state index contributed by atoms with van der Waals surface area (Å²) in [7, 11) is 0. The third-order valence-electron chi connectivity index (χ3n) is 1.17. The van der Waals surface area contributed by atoms with E-state index in [4.69, 9.17) is 9.68 Å². The molecule has 0 saturated heterocycles. The van der Waals surface area contributed by atoms with Crippen LogP contribution < -0.4 is 0 Å². The highest BCUT2D eigenvalue weighted by atomic mass is 16.3. The topological polar surface area (TPSA) is 54.0 Å². The van der Waals surface area contributed by atoms with E-state index in [-0.39, 0.29) is 11.5 Å². The molecule has 0 amide bonds. The van der Waals surface area contributed by atoms with Gasteiger partial charge in [-0.05, 0) is 18.6 Å². The van der Waals surface area contributed by atoms with Crippen LogP contribution in [0.3, 0.4) is 0 Å². The number of carbonyl (C=O) groups excluding carboxylic acids is 1. The van der Waals surface area contributed by atoms with Gasteiger partial charge in [0.2, 0.25) is 5.76 Å². The van der Waals surface area contributed by atoms with Crippen molar-refractivity contribution in [3.05, 3.63) is 23.2 Å². The summed E-state index contributed by atoms with van der Waals surface area (Å²) in [6.45, 7) is 1.72. The highest BCUT2D eigenvalue weighted by Crippen LogP contribution is 2.10. The van der Waals surface area contributed by atoms with Crippen LogP contribution in [0.2, 0.25) is 0 Å². The van der Waals surface area contributed by atoms with Gasteiger partial charge in [0.15, 0.2) is 12.0 Å². The summed E-state index contributed by atoms with van der Waals surface area (Å²) in [5, 5.41) is 8.31. The van der Waals surface area contributed by atoms with Crippen molar-refractivity contribution in [2.75, 3.05) is 0 Å². The van der Waals surface area contributed by atoms with Crippen molar-refractivity contribution in [3.63, 3.8) is 0 Å². The molecule has 0 aliphatic heterocycles. The van der Waals surface area contributed by atoms with Crippen LogP contribution >= 0.6 is 0 Å². The first-order chi connectivity index (χ1) is 4.77. The van der Waals surface area contributed by atoms with Gasteiger partial charge in [0.05, 0.1) is 0 Å². The number of nitriles is 1. The molecule has 0 bridgehead atoms. The van der Waals surface area contributed by atoms with Gasteiger partial charge >= 0.3 is 0 Å². The third kappa shape index (κ3) is 0.914. The van der Waals surface area contributed by atoms with Crippen molar-refractivity contribution in [3.8, 4) is 6.07 Å². The lowest BCUT2D eigenvalue weighted by Crippen LogP contribution is -1.74. The van der Waals surface area contributed by atoms with Crippen LogP contribution in [0.1, 0.15) is 21.9 Å². The first-order valence-corrected chi connectivity index (χ1v) is 2.73. The molecular formula is C7H5NO2. The predicted octanol–water partition coefficient (Wildman–Crippen LogP) is 1.27. The van der Waals surface area contributed by atoms with Crippen LogP contribution in [-0.4, -0.2) is 6.29 Å². The maximum atomic E-state index is 10.2. The summed E-state index contributed by atoms with van der Waals surface area (Å²) in [4.78, 5) is 10.2. The molecule has 3 heteroatoms. The lowest BCUT2D eigenvalue weighted by atomic mass is 10.3. The number of furan rings is 1. The van der Waals surface area contributed by atoms with E-state index in [9.17, 15) is 4.79 Å². The fourth-order valence-electron chi connectivity index (χ4n) is 0.668. The number of nitrogens with zero attached hydrogens (tertiary/aromatic N) is 1. The Morgan fingerprint density at radius 2 is 2.50 bits per heavy atom. The normalized spacial score (nSPS) is 8.80. The van der Waals surface area contributed by atoms with Crippen LogP contribution in [0.25, 0.3) is 0 Å². The fourth-order valence-corrected chi connectivity index (χ4v) is 0.668. The van der Waals surface area contributed by atoms with E-state index in [0.29, 0.717) is 11.8 Å². The van der Waals surface area contributed by atoms with Crippen molar-refractivity contribution < 1.29 is 9.21 Å². The molecule has 0 aromatic carbocycles. The SMILES string of the molecule is Cc1cc(C#N)oc1C=O. The standard InChI is InChI=1S/C7H5NO2/c1-5-2-6(3-8)10-7(5)4-9/h2,4H,1H3. The number of rotatable bonds is 1. The molecule has 3 nitrogen and oxygen atoms in total. The molecule has 0 radical (unpaired) electrons. The van der Waals surface area contributed by atoms with Crippen LogP contribution in [0.4, 0.5) is 0 Å². The molecule has 50 valence electrons. The Morgan fingerprint density at radius 3 is 2.80 bits per heavy atom. The second-order valence-corrected chi connectivity index (χ2v) is 1.89. The number of aryl methyl sites for hydroxylation is 1. The van der Waals surface area contributed by atoms with Crippen LogP contribution in [0.15, 0.2) is 10.5 Å². The molecule has 1 aromatic heterocycles. The van der Waals surface area contributed by atoms with E-state index >= 15 is 0 Å². The number of aldehydes is 1. The lowest BCUT2D eigenvalue weighted by molar-refractivity contribution is 0.109. The second kappa shape index (κ2) is 2.36. The highest BCUT2D eigenvalue weighted by Gasteiger charge is 2.03. The molecule has 0 N–H and O–H groups in total. The zero-order valence-corrected chi connectivity index (χ0v) is 5.42. The monoisotopic (exact) mass is 135 g/mol. The number of hydrogen-bond donors (Lipinski definition) is 0. The highest BCUT2D eigenvalue weighted by molar-refractivity contribution is 5.73. The summed E-state index contributed by atoms with van der Waals surface area (Å²) in [6, 6.07) is 3.33. The zero-order chi connectivity index (χ0) is 7.56. The summed E-state index contributed by atoms with van der Waals surface area (Å²) in [5.74, 6) is 0.413. The Morgan fingerprint density at radius 1 is 1.80 bits per heavy atom. The Bertz CT molecular complexity index is 293. The maximum Gasteiger partial charge on any atom is 0.204 e. The summed E-state index contributed by atoms with van der Waals surface area (Å²) in [6.07, 6.45) is 0.593. The number of carbonyl (C=O) groups is 1. The van der Waals surface area contributed by atoms with Crippen molar-refractivity contribution in [1.82, 2.24) is 0 Å². The largest absolute Gasteiger partial charge is 0.443 e. The molecule has 0 aliphatic rings. The zero-order valence-electron chi connectivity index (χ0n) is 5.42. The third-order valence-corrected chi connectivity index (χ3v) is 1.17. The molecule has 0 unspecified atom stereocenters. The molecule has 0 fully saturated rings.